The summed E-state index contributed by atoms with van der Waals surface area (Å²) in [5, 5.41) is 11.1. The average Bonchev–Trinajstić information content (AvgIpc) is 3.03. The van der Waals surface area contributed by atoms with Crippen molar-refractivity contribution in [2.45, 2.75) is 0 Å². The van der Waals surface area contributed by atoms with E-state index < -0.39 is 5.91 Å². The molecule has 8 nitrogen and oxygen atoms in total. The Hall–Kier alpha value is -3.26. The number of benzene rings is 2. The maximum absolute atomic E-state index is 12.5. The summed E-state index contributed by atoms with van der Waals surface area (Å²) in [6, 6.07) is 11.8. The molecular weight excluding hydrogens is 358 g/mol. The molecule has 1 amide bonds. The monoisotopic (exact) mass is 373 g/mol. The Morgan fingerprint density at radius 1 is 1.12 bits per heavy atom. The lowest BCUT2D eigenvalue weighted by molar-refractivity contribution is 0.102. The highest BCUT2D eigenvalue weighted by atomic mass is 35.5. The second kappa shape index (κ2) is 7.32. The van der Waals surface area contributed by atoms with E-state index in [0.717, 1.165) is 0 Å². The van der Waals surface area contributed by atoms with Gasteiger partial charge in [-0.15, -0.1) is 5.10 Å². The Morgan fingerprint density at radius 2 is 1.73 bits per heavy atom. The largest absolute Gasteiger partial charge is 0.497 e. The number of anilines is 2. The van der Waals surface area contributed by atoms with Crippen LogP contribution >= 0.6 is 11.6 Å². The number of nitrogens with zero attached hydrogens (tertiary/aromatic N) is 3. The molecule has 0 atom stereocenters. The molecule has 0 aliphatic rings. The highest BCUT2D eigenvalue weighted by molar-refractivity contribution is 6.30. The van der Waals surface area contributed by atoms with Crippen LogP contribution in [0.5, 0.6) is 11.5 Å². The van der Waals surface area contributed by atoms with Crippen molar-refractivity contribution < 1.29 is 14.3 Å². The van der Waals surface area contributed by atoms with Crippen LogP contribution in [0.2, 0.25) is 5.02 Å². The van der Waals surface area contributed by atoms with Gasteiger partial charge in [-0.05, 0) is 24.3 Å². The number of carbonyl (C=O) groups is 1. The van der Waals surface area contributed by atoms with Crippen LogP contribution in [0.1, 0.15) is 10.5 Å². The Morgan fingerprint density at radius 3 is 2.31 bits per heavy atom. The zero-order valence-corrected chi connectivity index (χ0v) is 14.8. The quantitative estimate of drug-likeness (QED) is 0.712. The summed E-state index contributed by atoms with van der Waals surface area (Å²) in [5.74, 6) is 0.688. The molecule has 0 unspecified atom stereocenters. The molecule has 1 aromatic heterocycles. The first-order valence-corrected chi connectivity index (χ1v) is 7.91. The van der Waals surface area contributed by atoms with Crippen LogP contribution in [-0.2, 0) is 0 Å². The summed E-state index contributed by atoms with van der Waals surface area (Å²) in [4.78, 5) is 12.5. The lowest BCUT2D eigenvalue weighted by Crippen LogP contribution is -2.15. The highest BCUT2D eigenvalue weighted by Gasteiger charge is 2.19. The van der Waals surface area contributed by atoms with Gasteiger partial charge in [0.15, 0.2) is 11.5 Å². The molecule has 1 heterocycles. The van der Waals surface area contributed by atoms with E-state index in [1.807, 2.05) is 0 Å². The molecule has 3 rings (SSSR count). The summed E-state index contributed by atoms with van der Waals surface area (Å²) in [6.07, 6.45) is 0. The number of nitrogens with one attached hydrogen (secondary N) is 1. The number of hydrogen-bond acceptors (Lipinski definition) is 6. The van der Waals surface area contributed by atoms with Crippen molar-refractivity contribution >= 4 is 29.0 Å². The zero-order valence-electron chi connectivity index (χ0n) is 14.1. The van der Waals surface area contributed by atoms with Crippen LogP contribution in [0.3, 0.4) is 0 Å². The number of nitrogens with two attached hydrogens (primary N) is 1. The minimum atomic E-state index is -0.502. The van der Waals surface area contributed by atoms with Crippen molar-refractivity contribution in [1.29, 1.82) is 0 Å². The third kappa shape index (κ3) is 3.55. The Balaban J connectivity index is 1.86. The molecule has 0 saturated heterocycles. The van der Waals surface area contributed by atoms with Crippen LogP contribution in [0.15, 0.2) is 42.5 Å². The van der Waals surface area contributed by atoms with Crippen molar-refractivity contribution in [3.63, 3.8) is 0 Å². The maximum atomic E-state index is 12.5. The van der Waals surface area contributed by atoms with E-state index in [2.05, 4.69) is 15.6 Å². The van der Waals surface area contributed by atoms with Gasteiger partial charge >= 0.3 is 0 Å². The molecule has 2 aromatic carbocycles. The standard InChI is InChI=1S/C17H16ClN5O3/c1-25-13-7-11(8-14(9-13)26-2)20-17(24)15-16(19)23(22-21-15)12-5-3-10(18)4-6-12/h3-9H,19H2,1-2H3,(H,20,24). The van der Waals surface area contributed by atoms with Crippen molar-refractivity contribution in [3.05, 3.63) is 53.2 Å². The van der Waals surface area contributed by atoms with Gasteiger partial charge in [0, 0.05) is 28.9 Å². The van der Waals surface area contributed by atoms with Crippen molar-refractivity contribution in [2.24, 2.45) is 0 Å². The number of amides is 1. The van der Waals surface area contributed by atoms with E-state index in [4.69, 9.17) is 26.8 Å². The van der Waals surface area contributed by atoms with Crippen LogP contribution in [0.4, 0.5) is 11.5 Å². The van der Waals surface area contributed by atoms with Crippen molar-refractivity contribution in [2.75, 3.05) is 25.3 Å². The second-order valence-corrected chi connectivity index (χ2v) is 5.70. The number of aromatic nitrogens is 3. The van der Waals surface area contributed by atoms with E-state index in [1.165, 1.54) is 18.9 Å². The van der Waals surface area contributed by atoms with Crippen LogP contribution in [-0.4, -0.2) is 35.1 Å². The molecule has 0 spiro atoms. The highest BCUT2D eigenvalue weighted by Crippen LogP contribution is 2.26. The van der Waals surface area contributed by atoms with Gasteiger partial charge in [-0.1, -0.05) is 16.8 Å². The van der Waals surface area contributed by atoms with E-state index in [-0.39, 0.29) is 11.5 Å². The number of ether oxygens (including phenoxy) is 2. The van der Waals surface area contributed by atoms with Gasteiger partial charge in [0.1, 0.15) is 11.5 Å². The molecule has 0 bridgehead atoms. The smallest absolute Gasteiger partial charge is 0.280 e. The predicted octanol–water partition coefficient (Wildman–Crippen LogP) is 2.77. The first kappa shape index (κ1) is 17.6. The Bertz CT molecular complexity index is 918. The Kier molecular flexibility index (Phi) is 4.94. The third-order valence-corrected chi connectivity index (χ3v) is 3.85. The average molecular weight is 374 g/mol. The molecule has 3 aromatic rings. The minimum Gasteiger partial charge on any atom is -0.497 e. The van der Waals surface area contributed by atoms with E-state index in [1.54, 1.807) is 42.5 Å². The predicted molar refractivity (Wildman–Crippen MR) is 98.3 cm³/mol. The van der Waals surface area contributed by atoms with Gasteiger partial charge in [0.25, 0.3) is 5.91 Å². The summed E-state index contributed by atoms with van der Waals surface area (Å²) in [5.41, 5.74) is 7.16. The lowest BCUT2D eigenvalue weighted by atomic mass is 10.2. The number of nitrogen functional groups attached to an aromatic ring is 1. The summed E-state index contributed by atoms with van der Waals surface area (Å²) >= 11 is 5.87. The molecule has 0 aliphatic heterocycles. The fourth-order valence-electron chi connectivity index (χ4n) is 2.29. The van der Waals surface area contributed by atoms with Gasteiger partial charge < -0.3 is 20.5 Å². The number of rotatable bonds is 5. The lowest BCUT2D eigenvalue weighted by Gasteiger charge is -2.09. The molecule has 0 radical (unpaired) electrons. The molecule has 0 aliphatic carbocycles. The molecule has 134 valence electrons. The van der Waals surface area contributed by atoms with Crippen LogP contribution in [0.25, 0.3) is 5.69 Å². The van der Waals surface area contributed by atoms with Gasteiger partial charge in [-0.2, -0.15) is 4.68 Å². The number of methoxy groups -OCH3 is 2. The van der Waals surface area contributed by atoms with E-state index in [0.29, 0.717) is 27.9 Å². The molecule has 0 saturated carbocycles. The fraction of sp³-hybridized carbons (Fsp3) is 0.118. The first-order chi connectivity index (χ1) is 12.5. The fourth-order valence-corrected chi connectivity index (χ4v) is 2.42. The second-order valence-electron chi connectivity index (χ2n) is 5.27. The van der Waals surface area contributed by atoms with Crippen molar-refractivity contribution in [3.8, 4) is 17.2 Å². The van der Waals surface area contributed by atoms with E-state index >= 15 is 0 Å². The normalized spacial score (nSPS) is 10.4. The number of hydrogen-bond donors (Lipinski definition) is 2. The maximum Gasteiger partial charge on any atom is 0.280 e. The molecule has 26 heavy (non-hydrogen) atoms. The van der Waals surface area contributed by atoms with Gasteiger partial charge in [-0.3, -0.25) is 4.79 Å². The third-order valence-electron chi connectivity index (χ3n) is 3.60. The molecule has 3 N–H and O–H groups in total. The zero-order chi connectivity index (χ0) is 18.7. The molecular formula is C17H16ClN5O3. The minimum absolute atomic E-state index is 0.00161. The summed E-state index contributed by atoms with van der Waals surface area (Å²) in [6.45, 7) is 0. The SMILES string of the molecule is COc1cc(NC(=O)c2nnn(-c3ccc(Cl)cc3)c2N)cc(OC)c1. The van der Waals surface area contributed by atoms with Gasteiger partial charge in [-0.25, -0.2) is 0 Å². The summed E-state index contributed by atoms with van der Waals surface area (Å²) in [7, 11) is 3.05. The topological polar surface area (TPSA) is 104 Å². The summed E-state index contributed by atoms with van der Waals surface area (Å²) < 4.78 is 11.7. The Labute approximate surface area is 154 Å². The number of carbonyl (C=O) groups excluding carboxylic acids is 1. The van der Waals surface area contributed by atoms with Gasteiger partial charge in [0.05, 0.1) is 19.9 Å². The van der Waals surface area contributed by atoms with Crippen molar-refractivity contribution in [1.82, 2.24) is 15.0 Å². The molecule has 0 fully saturated rings. The number of halogens is 1. The van der Waals surface area contributed by atoms with Crippen LogP contribution < -0.4 is 20.5 Å². The first-order valence-electron chi connectivity index (χ1n) is 7.53. The van der Waals surface area contributed by atoms with Crippen LogP contribution in [0, 0.1) is 0 Å². The molecule has 9 heteroatoms. The van der Waals surface area contributed by atoms with Gasteiger partial charge in [0.2, 0.25) is 0 Å². The van der Waals surface area contributed by atoms with E-state index in [9.17, 15) is 4.79 Å².